The molecule has 0 spiro atoms. The molecular formula is C116H72N4. The Morgan fingerprint density at radius 2 is 0.408 bits per heavy atom. The topological polar surface area (TPSA) is 19.7 Å². The van der Waals surface area contributed by atoms with Crippen molar-refractivity contribution in [2.45, 2.75) is 0 Å². The predicted molar refractivity (Wildman–Crippen MR) is 512 cm³/mol. The fraction of sp³-hybridized carbons (Fsp3) is 0. The van der Waals surface area contributed by atoms with E-state index in [-0.39, 0.29) is 0 Å². The van der Waals surface area contributed by atoms with Crippen molar-refractivity contribution in [2.75, 3.05) is 0 Å². The van der Waals surface area contributed by atoms with Crippen LogP contribution in [-0.2, 0) is 0 Å². The maximum atomic E-state index is 2.43. The molecule has 4 aromatic heterocycles. The Labute approximate surface area is 691 Å². The maximum Gasteiger partial charge on any atom is 0.0541 e. The molecule has 0 saturated heterocycles. The van der Waals surface area contributed by atoms with E-state index in [0.29, 0.717) is 0 Å². The lowest BCUT2D eigenvalue weighted by molar-refractivity contribution is 1.18. The first-order valence-electron chi connectivity index (χ1n) is 41.5. The van der Waals surface area contributed by atoms with Crippen LogP contribution in [0.2, 0.25) is 0 Å². The number of fused-ring (bicyclic) bond motifs is 25. The van der Waals surface area contributed by atoms with Gasteiger partial charge in [0, 0.05) is 65.8 Å². The number of hydrogen-bond donors (Lipinski definition) is 0. The first kappa shape index (κ1) is 67.5. The number of nitrogens with zero attached hydrogens (tertiary/aromatic N) is 4. The first-order chi connectivity index (χ1) is 59.5. The number of benzene rings is 22. The average molecular weight is 1520 g/mol. The van der Waals surface area contributed by atoms with E-state index in [0.717, 1.165) is 11.4 Å². The minimum atomic E-state index is 1.15. The van der Waals surface area contributed by atoms with Crippen LogP contribution in [-0.4, -0.2) is 18.3 Å². The highest BCUT2D eigenvalue weighted by Gasteiger charge is 2.22. The lowest BCUT2D eigenvalue weighted by Crippen LogP contribution is -1.94. The van der Waals surface area contributed by atoms with Gasteiger partial charge >= 0.3 is 0 Å². The smallest absolute Gasteiger partial charge is 0.0541 e. The zero-order valence-corrected chi connectivity index (χ0v) is 65.4. The predicted octanol–water partition coefficient (Wildman–Crippen LogP) is 31.7. The largest absolute Gasteiger partial charge is 0.309 e. The van der Waals surface area contributed by atoms with Gasteiger partial charge in [0.2, 0.25) is 0 Å². The van der Waals surface area contributed by atoms with Crippen LogP contribution in [0.25, 0.3) is 241 Å². The molecule has 0 fully saturated rings. The van der Waals surface area contributed by atoms with Crippen molar-refractivity contribution >= 4 is 173 Å². The van der Waals surface area contributed by atoms with E-state index in [1.807, 2.05) is 0 Å². The van der Waals surface area contributed by atoms with E-state index in [1.54, 1.807) is 0 Å². The van der Waals surface area contributed by atoms with Gasteiger partial charge in [0.1, 0.15) is 0 Å². The van der Waals surface area contributed by atoms with Crippen molar-refractivity contribution in [2.24, 2.45) is 0 Å². The summed E-state index contributed by atoms with van der Waals surface area (Å²) in [4.78, 5) is 0. The molecule has 4 heteroatoms. The monoisotopic (exact) mass is 1520 g/mol. The van der Waals surface area contributed by atoms with E-state index in [1.165, 1.54) is 229 Å². The first-order valence-corrected chi connectivity index (χ1v) is 41.5. The van der Waals surface area contributed by atoms with Gasteiger partial charge in [-0.25, -0.2) is 0 Å². The molecule has 0 radical (unpaired) electrons. The van der Waals surface area contributed by atoms with Crippen LogP contribution >= 0.6 is 0 Å². The zero-order chi connectivity index (χ0) is 78.6. The van der Waals surface area contributed by atoms with E-state index in [2.05, 4.69) is 455 Å². The van der Waals surface area contributed by atoms with Gasteiger partial charge in [-0.1, -0.05) is 303 Å². The maximum absolute atomic E-state index is 2.43. The summed E-state index contributed by atoms with van der Waals surface area (Å²) >= 11 is 0. The molecule has 0 amide bonds. The Bertz CT molecular complexity index is 8770. The van der Waals surface area contributed by atoms with Gasteiger partial charge in [0.25, 0.3) is 0 Å². The summed E-state index contributed by atoms with van der Waals surface area (Å²) in [5.74, 6) is 0. The van der Waals surface area contributed by atoms with Crippen LogP contribution in [0.3, 0.4) is 0 Å². The molecule has 0 atom stereocenters. The Morgan fingerprint density at radius 1 is 0.117 bits per heavy atom. The third kappa shape index (κ3) is 10.6. The summed E-state index contributed by atoms with van der Waals surface area (Å²) < 4.78 is 9.67. The highest BCUT2D eigenvalue weighted by atomic mass is 15.0. The average Bonchev–Trinajstić information content (AvgIpc) is 1.67. The molecule has 22 aromatic carbocycles. The summed E-state index contributed by atoms with van der Waals surface area (Å²) in [5.41, 5.74) is 24.0. The fourth-order valence-electron chi connectivity index (χ4n) is 20.2. The second kappa shape index (κ2) is 26.9. The van der Waals surface area contributed by atoms with Gasteiger partial charge in [-0.2, -0.15) is 0 Å². The normalized spacial score (nSPS) is 12.0. The Hall–Kier alpha value is -15.9. The SMILES string of the molecule is c1cc(-c2ccc3c4ccccc4c4ccccc4c3c2)cc(-n2c3ccccc3c3cc(-c4ccc5c(c4)c4ccccc4n5-c4ccc5ccccc5c4)ccc32)c1.c1ccc2cc(-n3c4ccccc4c4cc(-c5ccc6c(c5)c5ccccc5n6-c5ccc(-c6cc7ccc8ccccc8c7c7ccccc67)cc5)ccc43)ccc2c1. The van der Waals surface area contributed by atoms with Gasteiger partial charge in [0.15, 0.2) is 0 Å². The van der Waals surface area contributed by atoms with Crippen LogP contribution < -0.4 is 0 Å². The van der Waals surface area contributed by atoms with Gasteiger partial charge in [-0.15, -0.1) is 0 Å². The van der Waals surface area contributed by atoms with Crippen LogP contribution in [0.15, 0.2) is 437 Å². The fourth-order valence-corrected chi connectivity index (χ4v) is 20.2. The van der Waals surface area contributed by atoms with Crippen LogP contribution in [0.5, 0.6) is 0 Å². The van der Waals surface area contributed by atoms with Crippen molar-refractivity contribution in [3.63, 3.8) is 0 Å². The number of rotatable bonds is 8. The third-order valence-electron chi connectivity index (χ3n) is 25.7. The minimum Gasteiger partial charge on any atom is -0.309 e. The molecule has 26 aromatic rings. The molecule has 0 aliphatic rings. The van der Waals surface area contributed by atoms with Gasteiger partial charge in [-0.3, -0.25) is 0 Å². The lowest BCUT2D eigenvalue weighted by Gasteiger charge is -2.14. The van der Waals surface area contributed by atoms with Crippen molar-refractivity contribution in [3.05, 3.63) is 437 Å². The van der Waals surface area contributed by atoms with Crippen LogP contribution in [0.4, 0.5) is 0 Å². The van der Waals surface area contributed by atoms with Crippen molar-refractivity contribution in [1.29, 1.82) is 0 Å². The second-order valence-electron chi connectivity index (χ2n) is 32.2. The van der Waals surface area contributed by atoms with Crippen LogP contribution in [0.1, 0.15) is 0 Å². The highest BCUT2D eigenvalue weighted by molar-refractivity contribution is 6.27. The standard InChI is InChI=1S/2C58H36N2/c1-2-13-38-32-44(28-24-37(38)12-1)60-56-23-10-8-21-51(56)54-36-42(27-31-58(54)60)41-26-30-57-53(35-41)50-20-7-9-22-55(50)59(57)43-15-11-14-39(33-43)40-25-29-49-47-18-4-3-16-45(47)46-17-5-6-19-48(46)52(49)34-40;1-2-13-40-33-45(30-23-37(40)11-1)60-55-20-10-8-17-49(55)53-35-42(27-32-57(53)60)41-26-31-56-52(34-41)48-16-7-9-19-54(48)59(56)44-28-24-39(25-29-44)51-36-43-22-21-38-12-3-4-14-46(38)58(43)50-18-6-5-15-47(50)51/h2*1-36H. The summed E-state index contributed by atoms with van der Waals surface area (Å²) in [6, 6.07) is 161. The zero-order valence-electron chi connectivity index (χ0n) is 65.4. The van der Waals surface area contributed by atoms with E-state index in [9.17, 15) is 0 Å². The molecule has 0 bridgehead atoms. The highest BCUT2D eigenvalue weighted by Crippen LogP contribution is 2.46. The number of para-hydroxylation sites is 4. The van der Waals surface area contributed by atoms with E-state index < -0.39 is 0 Å². The molecule has 4 heterocycles. The molecule has 0 N–H and O–H groups in total. The second-order valence-corrected chi connectivity index (χ2v) is 32.2. The van der Waals surface area contributed by atoms with Gasteiger partial charge < -0.3 is 18.3 Å². The number of aromatic nitrogens is 4. The van der Waals surface area contributed by atoms with Crippen molar-refractivity contribution in [1.82, 2.24) is 18.3 Å². The van der Waals surface area contributed by atoms with Crippen molar-refractivity contribution < 1.29 is 0 Å². The Kier molecular flexibility index (Phi) is 15.1. The molecule has 0 aliphatic carbocycles. The Balaban J connectivity index is 0.000000133. The summed E-state index contributed by atoms with van der Waals surface area (Å²) in [7, 11) is 0. The third-order valence-corrected chi connectivity index (χ3v) is 25.7. The van der Waals surface area contributed by atoms with E-state index >= 15 is 0 Å². The van der Waals surface area contributed by atoms with Crippen LogP contribution in [0, 0.1) is 0 Å². The van der Waals surface area contributed by atoms with E-state index in [4.69, 9.17) is 0 Å². The summed E-state index contributed by atoms with van der Waals surface area (Å²) in [5, 5.41) is 30.5. The molecule has 0 aliphatic heterocycles. The van der Waals surface area contributed by atoms with Gasteiger partial charge in [-0.05, 0) is 264 Å². The molecule has 556 valence electrons. The summed E-state index contributed by atoms with van der Waals surface area (Å²) in [6.07, 6.45) is 0. The minimum absolute atomic E-state index is 1.15. The van der Waals surface area contributed by atoms with Gasteiger partial charge in [0.05, 0.1) is 44.1 Å². The number of hydrogen-bond acceptors (Lipinski definition) is 0. The van der Waals surface area contributed by atoms with Crippen molar-refractivity contribution in [3.8, 4) is 67.3 Å². The molecule has 0 unspecified atom stereocenters. The quantitative estimate of drug-likeness (QED) is 0.135. The molecule has 0 saturated carbocycles. The Morgan fingerprint density at radius 3 is 0.867 bits per heavy atom. The molecule has 4 nitrogen and oxygen atoms in total. The summed E-state index contributed by atoms with van der Waals surface area (Å²) in [6.45, 7) is 0. The molecule has 120 heavy (non-hydrogen) atoms. The molecular weight excluding hydrogens is 1450 g/mol. The molecule has 26 rings (SSSR count). The lowest BCUT2D eigenvalue weighted by atomic mass is 9.91.